The fraction of sp³-hybridized carbons (Fsp3) is 1.00. The van der Waals surface area contributed by atoms with E-state index in [9.17, 15) is 0 Å². The molecule has 1 aliphatic carbocycles. The molecular formula is C14H28N2O. The average Bonchev–Trinajstić information content (AvgIpc) is 3.19. The van der Waals surface area contributed by atoms with Crippen molar-refractivity contribution >= 4 is 0 Å². The Morgan fingerprint density at radius 1 is 1.24 bits per heavy atom. The van der Waals surface area contributed by atoms with E-state index in [0.717, 1.165) is 25.6 Å². The van der Waals surface area contributed by atoms with Crippen LogP contribution in [0.4, 0.5) is 0 Å². The second-order valence-electron chi connectivity index (χ2n) is 5.44. The first kappa shape index (κ1) is 13.3. The smallest absolute Gasteiger partial charge is 0.0587 e. The van der Waals surface area contributed by atoms with Crippen LogP contribution in [-0.2, 0) is 4.74 Å². The van der Waals surface area contributed by atoms with Gasteiger partial charge in [-0.25, -0.2) is 0 Å². The third-order valence-corrected chi connectivity index (χ3v) is 4.12. The highest BCUT2D eigenvalue weighted by Crippen LogP contribution is 2.25. The van der Waals surface area contributed by atoms with Crippen LogP contribution in [0.5, 0.6) is 0 Å². The molecule has 0 aromatic heterocycles. The molecule has 2 aliphatic rings. The second kappa shape index (κ2) is 6.72. The van der Waals surface area contributed by atoms with Crippen LogP contribution in [0.15, 0.2) is 0 Å². The van der Waals surface area contributed by atoms with Crippen LogP contribution >= 0.6 is 0 Å². The lowest BCUT2D eigenvalue weighted by molar-refractivity contribution is -0.000304. The molecule has 100 valence electrons. The molecular weight excluding hydrogens is 212 g/mol. The highest BCUT2D eigenvalue weighted by Gasteiger charge is 2.27. The highest BCUT2D eigenvalue weighted by atomic mass is 16.5. The summed E-state index contributed by atoms with van der Waals surface area (Å²) in [7, 11) is 0. The molecule has 3 nitrogen and oxygen atoms in total. The standard InChI is InChI=1S/C14H28N2O/c1-3-14-11-12(7-10-17-14)15-8-9-16(4-2)13-5-6-13/h12-15H,3-11H2,1-2H3. The molecule has 0 aromatic carbocycles. The molecule has 2 atom stereocenters. The minimum atomic E-state index is 0.493. The minimum Gasteiger partial charge on any atom is -0.378 e. The van der Waals surface area contributed by atoms with Crippen LogP contribution in [-0.4, -0.2) is 49.3 Å². The third kappa shape index (κ3) is 4.23. The zero-order valence-electron chi connectivity index (χ0n) is 11.5. The van der Waals surface area contributed by atoms with Crippen molar-refractivity contribution < 1.29 is 4.74 Å². The molecule has 1 heterocycles. The van der Waals surface area contributed by atoms with Crippen molar-refractivity contribution in [3.05, 3.63) is 0 Å². The molecule has 1 N–H and O–H groups in total. The van der Waals surface area contributed by atoms with Crippen LogP contribution in [0.2, 0.25) is 0 Å². The summed E-state index contributed by atoms with van der Waals surface area (Å²) in [5.41, 5.74) is 0. The Hall–Kier alpha value is -0.120. The first-order valence-electron chi connectivity index (χ1n) is 7.42. The predicted molar refractivity (Wildman–Crippen MR) is 71.3 cm³/mol. The van der Waals surface area contributed by atoms with Crippen LogP contribution in [0.1, 0.15) is 46.0 Å². The Bertz CT molecular complexity index is 218. The van der Waals surface area contributed by atoms with Crippen LogP contribution < -0.4 is 5.32 Å². The van der Waals surface area contributed by atoms with E-state index in [1.165, 1.54) is 38.8 Å². The molecule has 0 bridgehead atoms. The van der Waals surface area contributed by atoms with Crippen LogP contribution in [0.25, 0.3) is 0 Å². The number of nitrogens with zero attached hydrogens (tertiary/aromatic N) is 1. The lowest BCUT2D eigenvalue weighted by Gasteiger charge is -2.30. The summed E-state index contributed by atoms with van der Waals surface area (Å²) >= 11 is 0. The molecule has 0 spiro atoms. The van der Waals surface area contributed by atoms with Gasteiger partial charge in [-0.1, -0.05) is 13.8 Å². The van der Waals surface area contributed by atoms with E-state index in [1.807, 2.05) is 0 Å². The predicted octanol–water partition coefficient (Wildman–Crippen LogP) is 2.02. The lowest BCUT2D eigenvalue weighted by Crippen LogP contribution is -2.42. The Balaban J connectivity index is 1.60. The Kier molecular flexibility index (Phi) is 5.26. The summed E-state index contributed by atoms with van der Waals surface area (Å²) in [6, 6.07) is 1.59. The van der Waals surface area contributed by atoms with Gasteiger partial charge in [0.25, 0.3) is 0 Å². The molecule has 2 fully saturated rings. The summed E-state index contributed by atoms with van der Waals surface area (Å²) in [5.74, 6) is 0. The number of hydrogen-bond donors (Lipinski definition) is 1. The number of rotatable bonds is 7. The maximum atomic E-state index is 5.70. The second-order valence-corrected chi connectivity index (χ2v) is 5.44. The van der Waals surface area contributed by atoms with Gasteiger partial charge in [-0.15, -0.1) is 0 Å². The summed E-state index contributed by atoms with van der Waals surface area (Å²) in [5, 5.41) is 3.71. The maximum absolute atomic E-state index is 5.70. The van der Waals surface area contributed by atoms with E-state index < -0.39 is 0 Å². The highest BCUT2D eigenvalue weighted by molar-refractivity contribution is 4.84. The van der Waals surface area contributed by atoms with E-state index in [1.54, 1.807) is 0 Å². The Morgan fingerprint density at radius 3 is 2.71 bits per heavy atom. The van der Waals surface area contributed by atoms with Gasteiger partial charge in [-0.3, -0.25) is 4.90 Å². The third-order valence-electron chi connectivity index (χ3n) is 4.12. The monoisotopic (exact) mass is 240 g/mol. The van der Waals surface area contributed by atoms with Gasteiger partial charge in [0.15, 0.2) is 0 Å². The van der Waals surface area contributed by atoms with Gasteiger partial charge in [-0.2, -0.15) is 0 Å². The first-order valence-corrected chi connectivity index (χ1v) is 7.42. The maximum Gasteiger partial charge on any atom is 0.0587 e. The van der Waals surface area contributed by atoms with Gasteiger partial charge >= 0.3 is 0 Å². The quantitative estimate of drug-likeness (QED) is 0.737. The zero-order valence-corrected chi connectivity index (χ0v) is 11.5. The minimum absolute atomic E-state index is 0.493. The largest absolute Gasteiger partial charge is 0.378 e. The van der Waals surface area contributed by atoms with Gasteiger partial charge in [0.1, 0.15) is 0 Å². The molecule has 3 heteroatoms. The topological polar surface area (TPSA) is 24.5 Å². The summed E-state index contributed by atoms with van der Waals surface area (Å²) in [6.07, 6.45) is 6.87. The molecule has 17 heavy (non-hydrogen) atoms. The first-order chi connectivity index (χ1) is 8.33. The van der Waals surface area contributed by atoms with Gasteiger partial charge in [0, 0.05) is 31.8 Å². The Labute approximate surface area is 106 Å². The number of likely N-dealkylation sites (N-methyl/N-ethyl adjacent to an activating group) is 1. The lowest BCUT2D eigenvalue weighted by atomic mass is 10.0. The van der Waals surface area contributed by atoms with Crippen molar-refractivity contribution in [1.29, 1.82) is 0 Å². The average molecular weight is 240 g/mol. The summed E-state index contributed by atoms with van der Waals surface area (Å²) in [6.45, 7) is 9.01. The van der Waals surface area contributed by atoms with E-state index in [4.69, 9.17) is 4.74 Å². The van der Waals surface area contributed by atoms with Gasteiger partial charge < -0.3 is 10.1 Å². The molecule has 1 saturated carbocycles. The van der Waals surface area contributed by atoms with Gasteiger partial charge in [0.05, 0.1) is 6.10 Å². The van der Waals surface area contributed by atoms with Crippen molar-refractivity contribution in [3.8, 4) is 0 Å². The van der Waals surface area contributed by atoms with E-state index in [-0.39, 0.29) is 0 Å². The molecule has 1 saturated heterocycles. The van der Waals surface area contributed by atoms with Crippen molar-refractivity contribution in [3.63, 3.8) is 0 Å². The molecule has 2 rings (SSSR count). The van der Waals surface area contributed by atoms with Crippen molar-refractivity contribution in [1.82, 2.24) is 10.2 Å². The SMILES string of the molecule is CCC1CC(NCCN(CC)C2CC2)CCO1. The fourth-order valence-corrected chi connectivity index (χ4v) is 2.80. The molecule has 1 aliphatic heterocycles. The van der Waals surface area contributed by atoms with Gasteiger partial charge in [-0.05, 0) is 38.6 Å². The van der Waals surface area contributed by atoms with Crippen LogP contribution in [0, 0.1) is 0 Å². The summed E-state index contributed by atoms with van der Waals surface area (Å²) < 4.78 is 5.70. The van der Waals surface area contributed by atoms with Crippen molar-refractivity contribution in [2.75, 3.05) is 26.2 Å². The fourth-order valence-electron chi connectivity index (χ4n) is 2.80. The van der Waals surface area contributed by atoms with E-state index in [2.05, 4.69) is 24.1 Å². The van der Waals surface area contributed by atoms with Crippen LogP contribution in [0.3, 0.4) is 0 Å². The summed E-state index contributed by atoms with van der Waals surface area (Å²) in [4.78, 5) is 2.61. The zero-order chi connectivity index (χ0) is 12.1. The number of hydrogen-bond acceptors (Lipinski definition) is 3. The molecule has 2 unspecified atom stereocenters. The molecule has 0 radical (unpaired) electrons. The molecule has 0 amide bonds. The number of ether oxygens (including phenoxy) is 1. The van der Waals surface area contributed by atoms with Crippen molar-refractivity contribution in [2.24, 2.45) is 0 Å². The normalized spacial score (nSPS) is 29.8. The Morgan fingerprint density at radius 2 is 2.06 bits per heavy atom. The van der Waals surface area contributed by atoms with Crippen molar-refractivity contribution in [2.45, 2.75) is 64.1 Å². The van der Waals surface area contributed by atoms with Gasteiger partial charge in [0.2, 0.25) is 0 Å². The molecule has 0 aromatic rings. The number of nitrogens with one attached hydrogen (secondary N) is 1. The van der Waals surface area contributed by atoms with E-state index in [0.29, 0.717) is 12.1 Å². The van der Waals surface area contributed by atoms with E-state index >= 15 is 0 Å².